The fourth-order valence-electron chi connectivity index (χ4n) is 3.49. The molecule has 0 atom stereocenters. The molecule has 140 valence electrons. The molecule has 0 spiro atoms. The second-order valence-electron chi connectivity index (χ2n) is 6.07. The molecule has 0 saturated heterocycles. The molecule has 0 saturated carbocycles. The number of fused-ring (bicyclic) bond motifs is 4. The SMILES string of the molecule is O=C1c2c(Br)c(Br)c(Br)c(Br)c2C2=Nc3cccc4c(Br)c(Br)c(Br)c(c34)N12. The van der Waals surface area contributed by atoms with Crippen molar-refractivity contribution in [1.82, 2.24) is 0 Å². The highest BCUT2D eigenvalue weighted by atomic mass is 79.9. The van der Waals surface area contributed by atoms with Gasteiger partial charge in [0.05, 0.1) is 21.4 Å². The van der Waals surface area contributed by atoms with Gasteiger partial charge < -0.3 is 0 Å². The van der Waals surface area contributed by atoms with Crippen LogP contribution < -0.4 is 4.90 Å². The van der Waals surface area contributed by atoms with Gasteiger partial charge in [0.1, 0.15) is 5.84 Å². The smallest absolute Gasteiger partial charge is 0.266 e. The molecule has 3 nitrogen and oxygen atoms in total. The lowest BCUT2D eigenvalue weighted by atomic mass is 10.0. The molecule has 5 rings (SSSR count). The van der Waals surface area contributed by atoms with Gasteiger partial charge in [0.25, 0.3) is 5.91 Å². The van der Waals surface area contributed by atoms with Crippen LogP contribution in [0.3, 0.4) is 0 Å². The maximum atomic E-state index is 13.6. The van der Waals surface area contributed by atoms with Crippen molar-refractivity contribution in [2.24, 2.45) is 4.99 Å². The van der Waals surface area contributed by atoms with Crippen LogP contribution in [0.15, 0.2) is 54.5 Å². The second-order valence-corrected chi connectivity index (χ2v) is 11.6. The van der Waals surface area contributed by atoms with Crippen LogP contribution in [0.2, 0.25) is 0 Å². The summed E-state index contributed by atoms with van der Waals surface area (Å²) in [7, 11) is 0. The van der Waals surface area contributed by atoms with Crippen molar-refractivity contribution >= 4 is 145 Å². The lowest BCUT2D eigenvalue weighted by Crippen LogP contribution is -2.32. The van der Waals surface area contributed by atoms with E-state index in [2.05, 4.69) is 112 Å². The molecule has 0 aromatic heterocycles. The highest BCUT2D eigenvalue weighted by Gasteiger charge is 2.44. The van der Waals surface area contributed by atoms with E-state index >= 15 is 0 Å². The largest absolute Gasteiger partial charge is 0.268 e. The molecule has 28 heavy (non-hydrogen) atoms. The Bertz CT molecular complexity index is 1320. The van der Waals surface area contributed by atoms with Gasteiger partial charge in [0, 0.05) is 43.2 Å². The molecule has 2 heterocycles. The molecule has 2 aliphatic heterocycles. The Morgan fingerprint density at radius 1 is 0.714 bits per heavy atom. The van der Waals surface area contributed by atoms with Gasteiger partial charge in [-0.05, 0) is 118 Å². The number of anilines is 1. The molecule has 0 N–H and O–H groups in total. The zero-order valence-corrected chi connectivity index (χ0v) is 24.3. The third kappa shape index (κ3) is 2.51. The lowest BCUT2D eigenvalue weighted by Gasteiger charge is -2.27. The van der Waals surface area contributed by atoms with E-state index in [0.717, 1.165) is 54.5 Å². The average Bonchev–Trinajstić information content (AvgIpc) is 2.98. The van der Waals surface area contributed by atoms with Crippen molar-refractivity contribution in [3.05, 3.63) is 60.6 Å². The Labute approximate surface area is 218 Å². The van der Waals surface area contributed by atoms with Crippen molar-refractivity contribution in [3.63, 3.8) is 0 Å². The average molecular weight is 823 g/mol. The van der Waals surface area contributed by atoms with Gasteiger partial charge in [-0.2, -0.15) is 0 Å². The molecule has 0 bridgehead atoms. The van der Waals surface area contributed by atoms with Gasteiger partial charge >= 0.3 is 0 Å². The van der Waals surface area contributed by atoms with Crippen LogP contribution in [0, 0.1) is 0 Å². The summed E-state index contributed by atoms with van der Waals surface area (Å²) in [6.07, 6.45) is 0. The number of halogens is 7. The molecule has 0 fully saturated rings. The first-order chi connectivity index (χ1) is 13.3. The second kappa shape index (κ2) is 6.97. The van der Waals surface area contributed by atoms with Gasteiger partial charge in [0.2, 0.25) is 0 Å². The topological polar surface area (TPSA) is 32.7 Å². The molecule has 1 amide bonds. The predicted molar refractivity (Wildman–Crippen MR) is 137 cm³/mol. The maximum Gasteiger partial charge on any atom is 0.266 e. The standard InChI is InChI=1S/C18H3Br7N2O/c19-9-4-2-1-3-5-6(4)16(15(25)12(9)22)27-17(26-5)7-8(18(27)28)11(21)14(24)13(23)10(7)20/h1-3H. The van der Waals surface area contributed by atoms with Crippen LogP contribution in [0.5, 0.6) is 0 Å². The van der Waals surface area contributed by atoms with E-state index in [1.54, 1.807) is 4.90 Å². The third-order valence-electron chi connectivity index (χ3n) is 4.68. The number of nitrogens with zero attached hydrogens (tertiary/aromatic N) is 2. The van der Waals surface area contributed by atoms with Crippen molar-refractivity contribution < 1.29 is 4.79 Å². The van der Waals surface area contributed by atoms with E-state index in [1.165, 1.54) is 0 Å². The van der Waals surface area contributed by atoms with Crippen LogP contribution in [0.1, 0.15) is 15.9 Å². The minimum Gasteiger partial charge on any atom is -0.268 e. The summed E-state index contributed by atoms with van der Waals surface area (Å²) < 4.78 is 5.59. The number of amides is 1. The monoisotopic (exact) mass is 815 g/mol. The normalized spacial score (nSPS) is 14.5. The van der Waals surface area contributed by atoms with E-state index in [0.29, 0.717) is 15.9 Å². The van der Waals surface area contributed by atoms with E-state index in [-0.39, 0.29) is 5.91 Å². The number of aliphatic imine (C=N–C) groups is 1. The van der Waals surface area contributed by atoms with E-state index < -0.39 is 0 Å². The number of hydrogen-bond acceptors (Lipinski definition) is 2. The van der Waals surface area contributed by atoms with Crippen LogP contribution in [0.4, 0.5) is 11.4 Å². The van der Waals surface area contributed by atoms with E-state index in [4.69, 9.17) is 4.99 Å². The van der Waals surface area contributed by atoms with E-state index in [1.807, 2.05) is 18.2 Å². The van der Waals surface area contributed by atoms with Gasteiger partial charge in [0.15, 0.2) is 0 Å². The Kier molecular flexibility index (Phi) is 5.06. The van der Waals surface area contributed by atoms with Crippen molar-refractivity contribution in [1.29, 1.82) is 0 Å². The van der Waals surface area contributed by atoms with Crippen LogP contribution in [-0.2, 0) is 0 Å². The summed E-state index contributed by atoms with van der Waals surface area (Å²) in [5, 5.41) is 1.90. The fourth-order valence-corrected chi connectivity index (χ4v) is 7.73. The van der Waals surface area contributed by atoms with Crippen LogP contribution in [-0.4, -0.2) is 11.7 Å². The number of carbonyl (C=O) groups is 1. The zero-order chi connectivity index (χ0) is 20.1. The quantitative estimate of drug-likeness (QED) is 0.165. The van der Waals surface area contributed by atoms with Gasteiger partial charge in [-0.3, -0.25) is 9.69 Å². The predicted octanol–water partition coefficient (Wildman–Crippen LogP) is 9.23. The third-order valence-corrected chi connectivity index (χ3v) is 12.9. The first-order valence-electron chi connectivity index (χ1n) is 7.64. The molecule has 2 aliphatic rings. The van der Waals surface area contributed by atoms with Crippen LogP contribution >= 0.6 is 112 Å². The number of benzene rings is 3. The Morgan fingerprint density at radius 3 is 2.00 bits per heavy atom. The number of carbonyl (C=O) groups excluding carboxylic acids is 1. The summed E-state index contributed by atoms with van der Waals surface area (Å²) in [5.41, 5.74) is 2.90. The molecular weight excluding hydrogens is 820 g/mol. The van der Waals surface area contributed by atoms with Crippen molar-refractivity contribution in [3.8, 4) is 0 Å². The van der Waals surface area contributed by atoms with Crippen molar-refractivity contribution in [2.75, 3.05) is 4.90 Å². The first-order valence-corrected chi connectivity index (χ1v) is 13.2. The Balaban J connectivity index is 1.97. The summed E-state index contributed by atoms with van der Waals surface area (Å²) in [6.45, 7) is 0. The minimum atomic E-state index is -0.139. The molecule has 10 heteroatoms. The lowest BCUT2D eigenvalue weighted by molar-refractivity contribution is 0.101. The molecule has 3 aromatic carbocycles. The maximum absolute atomic E-state index is 13.6. The van der Waals surface area contributed by atoms with Gasteiger partial charge in [-0.1, -0.05) is 12.1 Å². The molecule has 3 aromatic rings. The highest BCUT2D eigenvalue weighted by molar-refractivity contribution is 9.15. The zero-order valence-electron chi connectivity index (χ0n) is 13.2. The molecule has 0 unspecified atom stereocenters. The summed E-state index contributed by atoms with van der Waals surface area (Å²) >= 11 is 25.3. The highest BCUT2D eigenvalue weighted by Crippen LogP contribution is 2.54. The first kappa shape index (κ1) is 20.3. The van der Waals surface area contributed by atoms with Crippen LogP contribution in [0.25, 0.3) is 10.8 Å². The van der Waals surface area contributed by atoms with Gasteiger partial charge in [-0.25, -0.2) is 4.99 Å². The van der Waals surface area contributed by atoms with Crippen molar-refractivity contribution in [2.45, 2.75) is 0 Å². The molecular formula is C18H3Br7N2O. The molecule has 0 radical (unpaired) electrons. The Hall–Kier alpha value is 0.420. The minimum absolute atomic E-state index is 0.139. The molecule has 0 aliphatic carbocycles. The summed E-state index contributed by atoms with van der Waals surface area (Å²) in [6, 6.07) is 5.94. The fraction of sp³-hybridized carbons (Fsp3) is 0. The van der Waals surface area contributed by atoms with E-state index in [9.17, 15) is 4.79 Å². The number of hydrogen-bond donors (Lipinski definition) is 0. The number of rotatable bonds is 0. The summed E-state index contributed by atoms with van der Waals surface area (Å²) in [5.74, 6) is 0.455. The Morgan fingerprint density at radius 2 is 1.32 bits per heavy atom. The van der Waals surface area contributed by atoms with Gasteiger partial charge in [-0.15, -0.1) is 0 Å². The number of amidine groups is 1. The summed E-state index contributed by atoms with van der Waals surface area (Å²) in [4.78, 5) is 20.1.